The molecule has 2 rings (SSSR count). The van der Waals surface area contributed by atoms with E-state index in [1.165, 1.54) is 0 Å². The molecule has 0 aromatic heterocycles. The van der Waals surface area contributed by atoms with Crippen molar-refractivity contribution in [3.05, 3.63) is 35.4 Å². The first kappa shape index (κ1) is 14.4. The largest absolute Gasteiger partial charge is 0.416 e. The Balaban J connectivity index is 1.91. The van der Waals surface area contributed by atoms with Gasteiger partial charge in [0.25, 0.3) is 5.91 Å². The molecule has 4 nitrogen and oxygen atoms in total. The van der Waals surface area contributed by atoms with Gasteiger partial charge < -0.3 is 10.6 Å². The van der Waals surface area contributed by atoms with Gasteiger partial charge in [0.1, 0.15) is 0 Å². The second kappa shape index (κ2) is 5.52. The molecule has 2 amide bonds. The Labute approximate surface area is 113 Å². The maximum absolute atomic E-state index is 12.4. The summed E-state index contributed by atoms with van der Waals surface area (Å²) in [7, 11) is 0. The van der Waals surface area contributed by atoms with Gasteiger partial charge in [0.05, 0.1) is 5.56 Å². The van der Waals surface area contributed by atoms with Crippen LogP contribution < -0.4 is 10.6 Å². The third-order valence-electron chi connectivity index (χ3n) is 3.07. The molecular weight excluding hydrogens is 273 g/mol. The fourth-order valence-corrected chi connectivity index (χ4v) is 1.96. The highest BCUT2D eigenvalue weighted by atomic mass is 19.4. The Morgan fingerprint density at radius 2 is 1.95 bits per heavy atom. The Bertz CT molecular complexity index is 511. The van der Waals surface area contributed by atoms with Gasteiger partial charge >= 0.3 is 6.18 Å². The maximum atomic E-state index is 12.4. The molecule has 1 aromatic rings. The molecule has 2 N–H and O–H groups in total. The summed E-state index contributed by atoms with van der Waals surface area (Å²) in [6, 6.07) is 3.89. The second-order valence-corrected chi connectivity index (χ2v) is 4.59. The minimum absolute atomic E-state index is 0.0567. The lowest BCUT2D eigenvalue weighted by Gasteiger charge is -2.12. The number of carbonyl (C=O) groups excluding carboxylic acids is 2. The zero-order chi connectivity index (χ0) is 14.8. The van der Waals surface area contributed by atoms with Crippen LogP contribution in [-0.2, 0) is 11.0 Å². The van der Waals surface area contributed by atoms with Crippen LogP contribution in [0.3, 0.4) is 0 Å². The van der Waals surface area contributed by atoms with E-state index in [1.807, 2.05) is 0 Å². The first-order chi connectivity index (χ1) is 9.36. The maximum Gasteiger partial charge on any atom is 0.416 e. The Morgan fingerprint density at radius 1 is 1.30 bits per heavy atom. The fourth-order valence-electron chi connectivity index (χ4n) is 1.96. The van der Waals surface area contributed by atoms with Gasteiger partial charge in [0.15, 0.2) is 0 Å². The van der Waals surface area contributed by atoms with Gasteiger partial charge in [-0.05, 0) is 30.7 Å². The van der Waals surface area contributed by atoms with Gasteiger partial charge in [-0.1, -0.05) is 0 Å². The fraction of sp³-hybridized carbons (Fsp3) is 0.385. The van der Waals surface area contributed by atoms with E-state index in [9.17, 15) is 22.8 Å². The van der Waals surface area contributed by atoms with Crippen molar-refractivity contribution in [1.29, 1.82) is 0 Å². The molecule has 0 bridgehead atoms. The molecule has 0 saturated carbocycles. The van der Waals surface area contributed by atoms with E-state index in [0.29, 0.717) is 12.8 Å². The standard InChI is InChI=1S/C13H13F3N2O2/c14-13(15,16)9-3-1-8(2-4-9)12(20)17-7-10-5-6-11(19)18-10/h1-4,10H,5-7H2,(H,17,20)(H,18,19)/t10-/m0/s1. The zero-order valence-electron chi connectivity index (χ0n) is 10.5. The molecule has 1 saturated heterocycles. The number of hydrogen-bond acceptors (Lipinski definition) is 2. The number of carbonyl (C=O) groups is 2. The van der Waals surface area contributed by atoms with E-state index in [-0.39, 0.29) is 24.1 Å². The number of alkyl halides is 3. The number of rotatable bonds is 3. The lowest BCUT2D eigenvalue weighted by atomic mass is 10.1. The highest BCUT2D eigenvalue weighted by molar-refractivity contribution is 5.94. The van der Waals surface area contributed by atoms with Gasteiger partial charge in [-0.25, -0.2) is 0 Å². The number of hydrogen-bond donors (Lipinski definition) is 2. The lowest BCUT2D eigenvalue weighted by molar-refractivity contribution is -0.137. The summed E-state index contributed by atoms with van der Waals surface area (Å²) in [6.07, 6.45) is -3.34. The van der Waals surface area contributed by atoms with E-state index in [2.05, 4.69) is 10.6 Å². The van der Waals surface area contributed by atoms with Crippen molar-refractivity contribution in [3.63, 3.8) is 0 Å². The zero-order valence-corrected chi connectivity index (χ0v) is 10.5. The topological polar surface area (TPSA) is 58.2 Å². The molecule has 1 aromatic carbocycles. The lowest BCUT2D eigenvalue weighted by Crippen LogP contribution is -2.38. The van der Waals surface area contributed by atoms with Crippen LogP contribution in [-0.4, -0.2) is 24.4 Å². The van der Waals surface area contributed by atoms with Crippen molar-refractivity contribution >= 4 is 11.8 Å². The highest BCUT2D eigenvalue weighted by Crippen LogP contribution is 2.29. The number of amides is 2. The molecule has 0 unspecified atom stereocenters. The highest BCUT2D eigenvalue weighted by Gasteiger charge is 2.30. The summed E-state index contributed by atoms with van der Waals surface area (Å²) in [5.41, 5.74) is -0.639. The van der Waals surface area contributed by atoms with Gasteiger partial charge in [0, 0.05) is 24.6 Å². The van der Waals surface area contributed by atoms with Crippen molar-refractivity contribution in [2.24, 2.45) is 0 Å². The van der Waals surface area contributed by atoms with Gasteiger partial charge in [-0.3, -0.25) is 9.59 Å². The Kier molecular flexibility index (Phi) is 3.96. The van der Waals surface area contributed by atoms with Crippen LogP contribution in [0.5, 0.6) is 0 Å². The Morgan fingerprint density at radius 3 is 2.45 bits per heavy atom. The normalized spacial score (nSPS) is 18.8. The quantitative estimate of drug-likeness (QED) is 0.888. The van der Waals surface area contributed by atoms with Crippen LogP contribution in [0.25, 0.3) is 0 Å². The molecule has 1 atom stereocenters. The molecular formula is C13H13F3N2O2. The first-order valence-electron chi connectivity index (χ1n) is 6.11. The summed E-state index contributed by atoms with van der Waals surface area (Å²) in [5.74, 6) is -0.515. The number of nitrogens with one attached hydrogen (secondary N) is 2. The minimum atomic E-state index is -4.41. The van der Waals surface area contributed by atoms with E-state index >= 15 is 0 Å². The second-order valence-electron chi connectivity index (χ2n) is 4.59. The van der Waals surface area contributed by atoms with E-state index < -0.39 is 17.6 Å². The van der Waals surface area contributed by atoms with Crippen molar-refractivity contribution < 1.29 is 22.8 Å². The average molecular weight is 286 g/mol. The molecule has 1 aliphatic rings. The number of benzene rings is 1. The molecule has 1 aliphatic heterocycles. The van der Waals surface area contributed by atoms with Crippen molar-refractivity contribution in [1.82, 2.24) is 10.6 Å². The van der Waals surface area contributed by atoms with Crippen molar-refractivity contribution in [3.8, 4) is 0 Å². The molecule has 1 fully saturated rings. The predicted molar refractivity (Wildman–Crippen MR) is 64.9 cm³/mol. The molecule has 20 heavy (non-hydrogen) atoms. The van der Waals surface area contributed by atoms with Crippen LogP contribution >= 0.6 is 0 Å². The molecule has 0 spiro atoms. The summed E-state index contributed by atoms with van der Waals surface area (Å²) in [5, 5.41) is 5.27. The van der Waals surface area contributed by atoms with Crippen LogP contribution in [0.15, 0.2) is 24.3 Å². The summed E-state index contributed by atoms with van der Waals surface area (Å²) in [6.45, 7) is 0.269. The van der Waals surface area contributed by atoms with Crippen LogP contribution in [0.4, 0.5) is 13.2 Å². The third kappa shape index (κ3) is 3.49. The molecule has 108 valence electrons. The third-order valence-corrected chi connectivity index (χ3v) is 3.07. The summed E-state index contributed by atoms with van der Waals surface area (Å²) < 4.78 is 37.1. The molecule has 0 radical (unpaired) electrons. The molecule has 1 heterocycles. The van der Waals surface area contributed by atoms with Gasteiger partial charge in [-0.15, -0.1) is 0 Å². The van der Waals surface area contributed by atoms with Crippen LogP contribution in [0.2, 0.25) is 0 Å². The average Bonchev–Trinajstić information content (AvgIpc) is 2.81. The molecule has 0 aliphatic carbocycles. The smallest absolute Gasteiger partial charge is 0.352 e. The van der Waals surface area contributed by atoms with E-state index in [4.69, 9.17) is 0 Å². The van der Waals surface area contributed by atoms with Crippen molar-refractivity contribution in [2.75, 3.05) is 6.54 Å². The first-order valence-corrected chi connectivity index (χ1v) is 6.11. The summed E-state index contributed by atoms with van der Waals surface area (Å²) in [4.78, 5) is 22.7. The van der Waals surface area contributed by atoms with E-state index in [1.54, 1.807) is 0 Å². The van der Waals surface area contributed by atoms with Crippen molar-refractivity contribution in [2.45, 2.75) is 25.1 Å². The van der Waals surface area contributed by atoms with Gasteiger partial charge in [-0.2, -0.15) is 13.2 Å². The van der Waals surface area contributed by atoms with Crippen LogP contribution in [0.1, 0.15) is 28.8 Å². The predicted octanol–water partition coefficient (Wildman–Crippen LogP) is 1.71. The van der Waals surface area contributed by atoms with Gasteiger partial charge in [0.2, 0.25) is 5.91 Å². The van der Waals surface area contributed by atoms with E-state index in [0.717, 1.165) is 24.3 Å². The molecule has 7 heteroatoms. The Hall–Kier alpha value is -2.05. The minimum Gasteiger partial charge on any atom is -0.352 e. The van der Waals surface area contributed by atoms with Crippen LogP contribution in [0, 0.1) is 0 Å². The number of halogens is 3. The summed E-state index contributed by atoms with van der Waals surface area (Å²) >= 11 is 0. The SMILES string of the molecule is O=C1CC[C@@H](CNC(=O)c2ccc(C(F)(F)F)cc2)N1. The monoisotopic (exact) mass is 286 g/mol.